The van der Waals surface area contributed by atoms with Crippen molar-refractivity contribution in [1.29, 1.82) is 0 Å². The number of rotatable bonds is 2. The molecule has 0 aliphatic rings. The summed E-state index contributed by atoms with van der Waals surface area (Å²) < 4.78 is 0. The van der Waals surface area contributed by atoms with Crippen LogP contribution in [0.3, 0.4) is 0 Å². The van der Waals surface area contributed by atoms with Crippen LogP contribution in [0.4, 0.5) is 5.95 Å². The maximum atomic E-state index is 11.6. The third kappa shape index (κ3) is 2.27. The number of carbonyl (C=O) groups is 1. The number of anilines is 1. The van der Waals surface area contributed by atoms with Crippen LogP contribution in [-0.4, -0.2) is 26.1 Å². The molecule has 2 aromatic heterocycles. The number of carbonyl (C=O) groups excluding carboxylic acids is 1. The van der Waals surface area contributed by atoms with Gasteiger partial charge in [0.1, 0.15) is 0 Å². The Labute approximate surface area is 89.6 Å². The second kappa shape index (κ2) is 4.30. The van der Waals surface area contributed by atoms with Gasteiger partial charge in [0.2, 0.25) is 11.5 Å². The Bertz CT molecular complexity index is 531. The minimum absolute atomic E-state index is 0.110. The monoisotopic (exact) mass is 217 g/mol. The van der Waals surface area contributed by atoms with Crippen LogP contribution < -0.4 is 10.9 Å². The minimum atomic E-state index is -0.413. The minimum Gasteiger partial charge on any atom is -0.328 e. The summed E-state index contributed by atoms with van der Waals surface area (Å²) in [5.74, 6) is -0.303. The fourth-order valence-electron chi connectivity index (χ4n) is 1.03. The Kier molecular flexibility index (Phi) is 2.68. The largest absolute Gasteiger partial charge is 0.328 e. The number of nitrogens with zero attached hydrogens (tertiary/aromatic N) is 3. The van der Waals surface area contributed by atoms with Crippen LogP contribution in [0.2, 0.25) is 0 Å². The van der Waals surface area contributed by atoms with E-state index in [9.17, 15) is 9.59 Å². The number of H-pyrrole nitrogens is 1. The lowest BCUT2D eigenvalue weighted by molar-refractivity contribution is 0.102. The zero-order valence-corrected chi connectivity index (χ0v) is 8.04. The number of hydrogen-bond donors (Lipinski definition) is 2. The maximum absolute atomic E-state index is 11.6. The number of hydrogen-bond acceptors (Lipinski definition) is 5. The van der Waals surface area contributed by atoms with Crippen molar-refractivity contribution in [3.05, 3.63) is 46.6 Å². The van der Waals surface area contributed by atoms with Gasteiger partial charge >= 0.3 is 0 Å². The fourth-order valence-corrected chi connectivity index (χ4v) is 1.03. The van der Waals surface area contributed by atoms with E-state index in [0.29, 0.717) is 5.56 Å². The number of nitrogens with one attached hydrogen (secondary N) is 2. The molecule has 2 heterocycles. The molecule has 7 heteroatoms. The molecule has 0 fully saturated rings. The molecule has 2 N–H and O–H groups in total. The van der Waals surface area contributed by atoms with E-state index < -0.39 is 5.91 Å². The number of aromatic amines is 1. The summed E-state index contributed by atoms with van der Waals surface area (Å²) in [6.07, 6.45) is 4.12. The summed E-state index contributed by atoms with van der Waals surface area (Å²) in [6.45, 7) is 0. The Morgan fingerprint density at radius 2 is 2.19 bits per heavy atom. The van der Waals surface area contributed by atoms with Gasteiger partial charge in [-0.3, -0.25) is 14.9 Å². The molecule has 0 aliphatic carbocycles. The molecule has 1 amide bonds. The normalized spacial score (nSPS) is 9.75. The fraction of sp³-hybridized carbons (Fsp3) is 0. The van der Waals surface area contributed by atoms with Crippen LogP contribution >= 0.6 is 0 Å². The smallest absolute Gasteiger partial charge is 0.259 e. The molecule has 2 aromatic rings. The van der Waals surface area contributed by atoms with Gasteiger partial charge in [0.05, 0.1) is 18.0 Å². The van der Waals surface area contributed by atoms with Gasteiger partial charge in [0.15, 0.2) is 0 Å². The van der Waals surface area contributed by atoms with Crippen molar-refractivity contribution in [3.8, 4) is 0 Å². The highest BCUT2D eigenvalue weighted by atomic mass is 16.2. The molecule has 0 atom stereocenters. The Morgan fingerprint density at radius 3 is 2.81 bits per heavy atom. The van der Waals surface area contributed by atoms with Gasteiger partial charge in [-0.2, -0.15) is 5.10 Å². The highest BCUT2D eigenvalue weighted by Crippen LogP contribution is 1.99. The SMILES string of the molecule is O=C(Nc1nccnn1)c1ccc(=O)[nH]c1. The van der Waals surface area contributed by atoms with Gasteiger partial charge in [0, 0.05) is 12.3 Å². The van der Waals surface area contributed by atoms with Gasteiger partial charge in [0.25, 0.3) is 5.91 Å². The first-order chi connectivity index (χ1) is 7.75. The quantitative estimate of drug-likeness (QED) is 0.726. The molecule has 0 spiro atoms. The van der Waals surface area contributed by atoms with Crippen molar-refractivity contribution >= 4 is 11.9 Å². The zero-order valence-electron chi connectivity index (χ0n) is 8.04. The second-order valence-electron chi connectivity index (χ2n) is 2.86. The van der Waals surface area contributed by atoms with Crippen molar-refractivity contribution in [2.75, 3.05) is 5.32 Å². The number of pyridine rings is 1. The molecule has 2 rings (SSSR count). The summed E-state index contributed by atoms with van der Waals surface area (Å²) in [5, 5.41) is 9.59. The molecule has 0 unspecified atom stereocenters. The van der Waals surface area contributed by atoms with Crippen LogP contribution in [0.1, 0.15) is 10.4 Å². The van der Waals surface area contributed by atoms with Crippen molar-refractivity contribution in [2.24, 2.45) is 0 Å². The van der Waals surface area contributed by atoms with Gasteiger partial charge < -0.3 is 4.98 Å². The predicted molar refractivity (Wildman–Crippen MR) is 54.8 cm³/mol. The summed E-state index contributed by atoms with van der Waals surface area (Å²) >= 11 is 0. The molecular formula is C9H7N5O2. The topological polar surface area (TPSA) is 101 Å². The highest BCUT2D eigenvalue weighted by Gasteiger charge is 2.06. The van der Waals surface area contributed by atoms with Gasteiger partial charge in [-0.1, -0.05) is 0 Å². The summed E-state index contributed by atoms with van der Waals surface area (Å²) in [4.78, 5) is 28.5. The Morgan fingerprint density at radius 1 is 1.31 bits per heavy atom. The van der Waals surface area contributed by atoms with Crippen LogP contribution in [0.15, 0.2) is 35.5 Å². The third-order valence-electron chi connectivity index (χ3n) is 1.75. The highest BCUT2D eigenvalue weighted by molar-refractivity contribution is 6.02. The van der Waals surface area contributed by atoms with E-state index in [1.54, 1.807) is 0 Å². The van der Waals surface area contributed by atoms with E-state index in [-0.39, 0.29) is 11.5 Å². The molecule has 0 aromatic carbocycles. The first-order valence-electron chi connectivity index (χ1n) is 4.39. The van der Waals surface area contributed by atoms with E-state index in [4.69, 9.17) is 0 Å². The maximum Gasteiger partial charge on any atom is 0.259 e. The van der Waals surface area contributed by atoms with Crippen LogP contribution in [0.25, 0.3) is 0 Å². The molecule has 0 radical (unpaired) electrons. The lowest BCUT2D eigenvalue weighted by Crippen LogP contribution is -2.16. The van der Waals surface area contributed by atoms with E-state index in [1.165, 1.54) is 30.7 Å². The molecule has 7 nitrogen and oxygen atoms in total. The molecule has 0 saturated carbocycles. The molecule has 0 saturated heterocycles. The van der Waals surface area contributed by atoms with Crippen LogP contribution in [-0.2, 0) is 0 Å². The van der Waals surface area contributed by atoms with Crippen molar-refractivity contribution in [2.45, 2.75) is 0 Å². The molecule has 0 aliphatic heterocycles. The molecule has 16 heavy (non-hydrogen) atoms. The number of aromatic nitrogens is 4. The molecular weight excluding hydrogens is 210 g/mol. The first kappa shape index (κ1) is 9.97. The number of amides is 1. The van der Waals surface area contributed by atoms with E-state index in [1.807, 2.05) is 0 Å². The first-order valence-corrected chi connectivity index (χ1v) is 4.39. The average Bonchev–Trinajstić information content (AvgIpc) is 2.31. The average molecular weight is 217 g/mol. The van der Waals surface area contributed by atoms with E-state index in [0.717, 1.165) is 0 Å². The summed E-state index contributed by atoms with van der Waals surface area (Å²) in [6, 6.07) is 2.67. The van der Waals surface area contributed by atoms with Crippen molar-refractivity contribution in [3.63, 3.8) is 0 Å². The Hall–Kier alpha value is -2.57. The van der Waals surface area contributed by atoms with E-state index >= 15 is 0 Å². The molecule has 80 valence electrons. The van der Waals surface area contributed by atoms with Crippen LogP contribution in [0.5, 0.6) is 0 Å². The summed E-state index contributed by atoms with van der Waals surface area (Å²) in [7, 11) is 0. The van der Waals surface area contributed by atoms with Gasteiger partial charge in [-0.15, -0.1) is 5.10 Å². The summed E-state index contributed by atoms with van der Waals surface area (Å²) in [5.41, 5.74) is 0.0428. The van der Waals surface area contributed by atoms with Gasteiger partial charge in [-0.25, -0.2) is 4.98 Å². The van der Waals surface area contributed by atoms with Crippen molar-refractivity contribution in [1.82, 2.24) is 20.2 Å². The zero-order chi connectivity index (χ0) is 11.4. The molecule has 0 bridgehead atoms. The van der Waals surface area contributed by atoms with Crippen molar-refractivity contribution < 1.29 is 4.79 Å². The lowest BCUT2D eigenvalue weighted by Gasteiger charge is -2.01. The predicted octanol–water partition coefficient (Wildman–Crippen LogP) is -0.188. The second-order valence-corrected chi connectivity index (χ2v) is 2.86. The Balaban J connectivity index is 2.15. The third-order valence-corrected chi connectivity index (χ3v) is 1.75. The lowest BCUT2D eigenvalue weighted by atomic mass is 10.3. The van der Waals surface area contributed by atoms with E-state index in [2.05, 4.69) is 25.5 Å². The van der Waals surface area contributed by atoms with Crippen LogP contribution in [0, 0.1) is 0 Å². The standard InChI is InChI=1S/C9H7N5O2/c15-7-2-1-6(5-11-7)8(16)13-9-10-3-4-12-14-9/h1-5H,(H,11,15)(H,10,13,14,16). The van der Waals surface area contributed by atoms with Gasteiger partial charge in [-0.05, 0) is 6.07 Å².